The molecule has 5 rings (SSSR count). The summed E-state index contributed by atoms with van der Waals surface area (Å²) in [5.41, 5.74) is 0.564. The molecule has 0 atom stereocenters. The number of hydrogen-bond donors (Lipinski definition) is 0. The summed E-state index contributed by atoms with van der Waals surface area (Å²) in [6, 6.07) is 16.0. The van der Waals surface area contributed by atoms with Gasteiger partial charge in [0.2, 0.25) is 0 Å². The Bertz CT molecular complexity index is 1510. The number of hydrogen-bond acceptors (Lipinski definition) is 7. The molecule has 3 heterocycles. The van der Waals surface area contributed by atoms with Gasteiger partial charge in [-0.2, -0.15) is 4.98 Å². The van der Waals surface area contributed by atoms with Crippen molar-refractivity contribution in [3.63, 3.8) is 0 Å². The van der Waals surface area contributed by atoms with Crippen molar-refractivity contribution < 1.29 is 8.94 Å². The fraction of sp³-hybridized carbons (Fsp3) is 0.136. The topological polar surface area (TPSA) is 104 Å². The molecule has 0 saturated heterocycles. The van der Waals surface area contributed by atoms with Gasteiger partial charge in [-0.3, -0.25) is 9.36 Å². The summed E-state index contributed by atoms with van der Waals surface area (Å²) in [5, 5.41) is 5.22. The van der Waals surface area contributed by atoms with Gasteiger partial charge < -0.3 is 8.94 Å². The van der Waals surface area contributed by atoms with E-state index in [-0.39, 0.29) is 29.4 Å². The first-order valence-electron chi connectivity index (χ1n) is 9.48. The zero-order chi connectivity index (χ0) is 20.7. The summed E-state index contributed by atoms with van der Waals surface area (Å²) in [7, 11) is 0. The molecule has 0 aliphatic heterocycles. The second-order valence-electron chi connectivity index (χ2n) is 6.79. The Balaban J connectivity index is 1.56. The van der Waals surface area contributed by atoms with Crippen LogP contribution in [-0.2, 0) is 13.0 Å². The van der Waals surface area contributed by atoms with Crippen molar-refractivity contribution in [2.45, 2.75) is 19.9 Å². The highest BCUT2D eigenvalue weighted by atomic mass is 16.5. The molecule has 2 aromatic carbocycles. The Morgan fingerprint density at radius 1 is 1.00 bits per heavy atom. The third kappa shape index (κ3) is 2.98. The smallest absolute Gasteiger partial charge is 0.349 e. The zero-order valence-corrected chi connectivity index (χ0v) is 16.0. The van der Waals surface area contributed by atoms with Crippen LogP contribution in [0.3, 0.4) is 0 Å². The number of aryl methyl sites for hydroxylation is 1. The minimum atomic E-state index is -0.567. The van der Waals surface area contributed by atoms with E-state index in [1.165, 1.54) is 4.57 Å². The molecule has 0 radical (unpaired) electrons. The van der Waals surface area contributed by atoms with Gasteiger partial charge in [-0.1, -0.05) is 42.4 Å². The van der Waals surface area contributed by atoms with Gasteiger partial charge in [0.1, 0.15) is 17.0 Å². The van der Waals surface area contributed by atoms with Crippen molar-refractivity contribution in [1.29, 1.82) is 0 Å². The van der Waals surface area contributed by atoms with Crippen LogP contribution in [0.1, 0.15) is 18.6 Å². The Kier molecular flexibility index (Phi) is 4.24. The summed E-state index contributed by atoms with van der Waals surface area (Å²) in [6.07, 6.45) is 0.568. The molecule has 0 bridgehead atoms. The van der Waals surface area contributed by atoms with Gasteiger partial charge in [0.05, 0.1) is 17.4 Å². The molecule has 0 spiro atoms. The predicted octanol–water partition coefficient (Wildman–Crippen LogP) is 3.16. The van der Waals surface area contributed by atoms with E-state index in [1.807, 2.05) is 31.2 Å². The molecule has 0 aliphatic carbocycles. The molecule has 5 aromatic rings. The first kappa shape index (κ1) is 18.0. The van der Waals surface area contributed by atoms with Crippen molar-refractivity contribution >= 4 is 21.9 Å². The average Bonchev–Trinajstić information content (AvgIpc) is 3.23. The number of nitrogens with zero attached hydrogens (tertiary/aromatic N) is 4. The van der Waals surface area contributed by atoms with E-state index in [2.05, 4.69) is 15.1 Å². The van der Waals surface area contributed by atoms with Gasteiger partial charge in [0, 0.05) is 11.8 Å². The van der Waals surface area contributed by atoms with E-state index in [4.69, 9.17) is 8.94 Å². The van der Waals surface area contributed by atoms with Crippen LogP contribution < -0.4 is 11.2 Å². The van der Waals surface area contributed by atoms with Crippen LogP contribution >= 0.6 is 0 Å². The minimum absolute atomic E-state index is 0.0457. The van der Waals surface area contributed by atoms with Crippen molar-refractivity contribution in [3.8, 4) is 11.5 Å². The molecule has 0 aliphatic rings. The molecular weight excluding hydrogens is 384 g/mol. The van der Waals surface area contributed by atoms with Crippen molar-refractivity contribution in [1.82, 2.24) is 19.7 Å². The lowest BCUT2D eigenvalue weighted by Gasteiger charge is -2.10. The van der Waals surface area contributed by atoms with Crippen molar-refractivity contribution in [3.05, 3.63) is 87.0 Å². The van der Waals surface area contributed by atoms with Crippen LogP contribution in [0.25, 0.3) is 33.3 Å². The molecule has 0 fully saturated rings. The SMILES string of the molecule is CCc1nc2ccccc2c(=O)n1Cc1noc(-c2cc3ccccc3oc2=O)n1. The largest absolute Gasteiger partial charge is 0.422 e. The fourth-order valence-electron chi connectivity index (χ4n) is 3.43. The molecule has 8 heteroatoms. The molecule has 0 unspecified atom stereocenters. The number of aromatic nitrogens is 4. The first-order valence-corrected chi connectivity index (χ1v) is 9.48. The van der Waals surface area contributed by atoms with Crippen LogP contribution in [0.2, 0.25) is 0 Å². The van der Waals surface area contributed by atoms with Crippen LogP contribution in [0.5, 0.6) is 0 Å². The fourth-order valence-corrected chi connectivity index (χ4v) is 3.43. The highest BCUT2D eigenvalue weighted by Crippen LogP contribution is 2.20. The quantitative estimate of drug-likeness (QED) is 0.427. The van der Waals surface area contributed by atoms with E-state index in [0.717, 1.165) is 5.39 Å². The third-order valence-corrected chi connectivity index (χ3v) is 4.90. The summed E-state index contributed by atoms with van der Waals surface area (Å²) in [6.45, 7) is 2.01. The molecular formula is C22H16N4O4. The van der Waals surface area contributed by atoms with Crippen molar-refractivity contribution in [2.24, 2.45) is 0 Å². The van der Waals surface area contributed by atoms with Crippen LogP contribution in [0.4, 0.5) is 0 Å². The lowest BCUT2D eigenvalue weighted by atomic mass is 10.2. The van der Waals surface area contributed by atoms with E-state index < -0.39 is 5.63 Å². The molecule has 0 saturated carbocycles. The van der Waals surface area contributed by atoms with Crippen LogP contribution in [0, 0.1) is 0 Å². The highest BCUT2D eigenvalue weighted by Gasteiger charge is 2.17. The molecule has 30 heavy (non-hydrogen) atoms. The van der Waals surface area contributed by atoms with Gasteiger partial charge in [0.15, 0.2) is 5.82 Å². The van der Waals surface area contributed by atoms with E-state index in [9.17, 15) is 9.59 Å². The summed E-state index contributed by atoms with van der Waals surface area (Å²) in [5.74, 6) is 0.936. The number of fused-ring (bicyclic) bond motifs is 2. The zero-order valence-electron chi connectivity index (χ0n) is 16.0. The maximum absolute atomic E-state index is 13.0. The average molecular weight is 400 g/mol. The maximum atomic E-state index is 13.0. The molecule has 8 nitrogen and oxygen atoms in total. The highest BCUT2D eigenvalue weighted by molar-refractivity contribution is 5.80. The van der Waals surface area contributed by atoms with E-state index in [1.54, 1.807) is 30.3 Å². The predicted molar refractivity (Wildman–Crippen MR) is 110 cm³/mol. The van der Waals surface area contributed by atoms with Gasteiger partial charge in [-0.25, -0.2) is 9.78 Å². The van der Waals surface area contributed by atoms with Gasteiger partial charge in [0.25, 0.3) is 11.4 Å². The van der Waals surface area contributed by atoms with Gasteiger partial charge >= 0.3 is 5.63 Å². The van der Waals surface area contributed by atoms with Gasteiger partial charge in [-0.05, 0) is 24.3 Å². The van der Waals surface area contributed by atoms with E-state index in [0.29, 0.717) is 28.7 Å². The lowest BCUT2D eigenvalue weighted by molar-refractivity contribution is 0.417. The number of para-hydroxylation sites is 2. The summed E-state index contributed by atoms with van der Waals surface area (Å²) >= 11 is 0. The Morgan fingerprint density at radius 2 is 1.80 bits per heavy atom. The Labute approximate surface area is 169 Å². The van der Waals surface area contributed by atoms with Crippen LogP contribution in [0.15, 0.2) is 73.1 Å². The molecule has 0 amide bonds. The Morgan fingerprint density at radius 3 is 2.67 bits per heavy atom. The Hall–Kier alpha value is -4.07. The normalized spacial score (nSPS) is 11.4. The molecule has 148 valence electrons. The second kappa shape index (κ2) is 7.07. The molecule has 0 N–H and O–H groups in total. The standard InChI is InChI=1S/C22H16N4O4/c1-2-19-23-16-9-5-4-8-14(16)21(27)26(19)12-18-24-20(30-25-18)15-11-13-7-3-6-10-17(13)29-22(15)28/h3-11H,2,12H2,1H3. The first-order chi connectivity index (χ1) is 14.6. The third-order valence-electron chi connectivity index (χ3n) is 4.90. The summed E-state index contributed by atoms with van der Waals surface area (Å²) in [4.78, 5) is 34.2. The number of benzene rings is 2. The number of rotatable bonds is 4. The minimum Gasteiger partial charge on any atom is -0.422 e. The van der Waals surface area contributed by atoms with Crippen molar-refractivity contribution in [2.75, 3.05) is 0 Å². The van der Waals surface area contributed by atoms with E-state index >= 15 is 0 Å². The summed E-state index contributed by atoms with van der Waals surface area (Å²) < 4.78 is 12.2. The van der Waals surface area contributed by atoms with Gasteiger partial charge in [-0.15, -0.1) is 0 Å². The monoisotopic (exact) mass is 400 g/mol. The maximum Gasteiger partial charge on any atom is 0.349 e. The van der Waals surface area contributed by atoms with Crippen LogP contribution in [-0.4, -0.2) is 19.7 Å². The molecule has 3 aromatic heterocycles. The second-order valence-corrected chi connectivity index (χ2v) is 6.79. The lowest BCUT2D eigenvalue weighted by Crippen LogP contribution is -2.26.